The van der Waals surface area contributed by atoms with Gasteiger partial charge in [-0.25, -0.2) is 0 Å². The summed E-state index contributed by atoms with van der Waals surface area (Å²) in [6.07, 6.45) is 10.3. The molecule has 1 fully saturated rings. The molecular weight excluding hydrogens is 222 g/mol. The van der Waals surface area contributed by atoms with Crippen molar-refractivity contribution in [3.63, 3.8) is 0 Å². The Kier molecular flexibility index (Phi) is 5.17. The Bertz CT molecular complexity index is 349. The van der Waals surface area contributed by atoms with Crippen molar-refractivity contribution in [3.8, 4) is 0 Å². The summed E-state index contributed by atoms with van der Waals surface area (Å²) in [6.45, 7) is 7.79. The second-order valence-electron chi connectivity index (χ2n) is 5.10. The van der Waals surface area contributed by atoms with Crippen LogP contribution < -0.4 is 10.6 Å². The van der Waals surface area contributed by atoms with Gasteiger partial charge >= 0.3 is 0 Å². The Hall–Kier alpha value is -0.900. The maximum atomic E-state index is 3.41. The first-order chi connectivity index (χ1) is 8.81. The van der Waals surface area contributed by atoms with E-state index in [1.165, 1.54) is 11.1 Å². The number of hydrogen-bond donors (Lipinski definition) is 2. The van der Waals surface area contributed by atoms with Gasteiger partial charge in [-0.2, -0.15) is 0 Å². The summed E-state index contributed by atoms with van der Waals surface area (Å²) in [7, 11) is 2.01. The zero-order valence-corrected chi connectivity index (χ0v) is 11.6. The highest BCUT2D eigenvalue weighted by molar-refractivity contribution is 5.34. The van der Waals surface area contributed by atoms with Crippen LogP contribution >= 0.6 is 0 Å². The van der Waals surface area contributed by atoms with Gasteiger partial charge < -0.3 is 10.6 Å². The van der Waals surface area contributed by atoms with E-state index in [2.05, 4.69) is 46.8 Å². The van der Waals surface area contributed by atoms with Crippen LogP contribution in [0.1, 0.15) is 13.3 Å². The lowest BCUT2D eigenvalue weighted by molar-refractivity contribution is 0.221. The van der Waals surface area contributed by atoms with Crippen molar-refractivity contribution in [3.05, 3.63) is 35.5 Å². The quantitative estimate of drug-likeness (QED) is 0.784. The topological polar surface area (TPSA) is 27.3 Å². The fraction of sp³-hybridized carbons (Fsp3) is 0.600. The molecule has 2 aliphatic rings. The Morgan fingerprint density at radius 1 is 1.33 bits per heavy atom. The molecule has 2 rings (SSSR count). The van der Waals surface area contributed by atoms with E-state index in [-0.39, 0.29) is 0 Å². The fourth-order valence-corrected chi connectivity index (χ4v) is 2.57. The third-order valence-electron chi connectivity index (χ3n) is 3.73. The van der Waals surface area contributed by atoms with Crippen LogP contribution in [0.5, 0.6) is 0 Å². The summed E-state index contributed by atoms with van der Waals surface area (Å²) in [4.78, 5) is 2.56. The molecule has 18 heavy (non-hydrogen) atoms. The van der Waals surface area contributed by atoms with Gasteiger partial charge in [-0.15, -0.1) is 0 Å². The zero-order chi connectivity index (χ0) is 12.8. The van der Waals surface area contributed by atoms with Crippen molar-refractivity contribution in [1.82, 2.24) is 15.5 Å². The van der Waals surface area contributed by atoms with Gasteiger partial charge in [0.05, 0.1) is 0 Å². The third-order valence-corrected chi connectivity index (χ3v) is 3.73. The molecule has 0 spiro atoms. The van der Waals surface area contributed by atoms with Crippen LogP contribution in [0.25, 0.3) is 0 Å². The summed E-state index contributed by atoms with van der Waals surface area (Å²) in [6, 6.07) is 0.482. The molecule has 3 nitrogen and oxygen atoms in total. The first-order valence-electron chi connectivity index (χ1n) is 6.96. The molecule has 1 heterocycles. The lowest BCUT2D eigenvalue weighted by Crippen LogP contribution is -2.48. The van der Waals surface area contributed by atoms with Crippen LogP contribution in [0.4, 0.5) is 0 Å². The van der Waals surface area contributed by atoms with Crippen LogP contribution in [0.2, 0.25) is 0 Å². The van der Waals surface area contributed by atoms with Gasteiger partial charge in [-0.1, -0.05) is 29.9 Å². The summed E-state index contributed by atoms with van der Waals surface area (Å²) in [5.74, 6) is 0. The van der Waals surface area contributed by atoms with E-state index in [0.717, 1.165) is 39.1 Å². The van der Waals surface area contributed by atoms with Gasteiger partial charge in [0, 0.05) is 32.2 Å². The molecule has 0 aromatic carbocycles. The number of nitrogens with zero attached hydrogens (tertiary/aromatic N) is 1. The van der Waals surface area contributed by atoms with E-state index < -0.39 is 0 Å². The minimum absolute atomic E-state index is 0.482. The summed E-state index contributed by atoms with van der Waals surface area (Å²) in [5, 5.41) is 6.62. The molecule has 1 unspecified atom stereocenters. The number of rotatable bonds is 4. The van der Waals surface area contributed by atoms with Crippen molar-refractivity contribution in [2.75, 3.05) is 39.8 Å². The molecule has 0 radical (unpaired) electrons. The molecule has 1 aliphatic carbocycles. The number of allylic oxidation sites excluding steroid dienone is 3. The molecule has 0 saturated carbocycles. The lowest BCUT2D eigenvalue weighted by atomic mass is 10.1. The maximum absolute atomic E-state index is 3.41. The second kappa shape index (κ2) is 6.88. The van der Waals surface area contributed by atoms with Crippen molar-refractivity contribution >= 4 is 0 Å². The Balaban J connectivity index is 2.01. The maximum Gasteiger partial charge on any atom is 0.0495 e. The first kappa shape index (κ1) is 13.5. The molecule has 1 saturated heterocycles. The van der Waals surface area contributed by atoms with E-state index in [1.807, 2.05) is 7.05 Å². The summed E-state index contributed by atoms with van der Waals surface area (Å²) < 4.78 is 0. The molecule has 100 valence electrons. The molecule has 2 N–H and O–H groups in total. The number of nitrogens with one attached hydrogen (secondary N) is 2. The van der Waals surface area contributed by atoms with Gasteiger partial charge in [0.2, 0.25) is 0 Å². The van der Waals surface area contributed by atoms with Crippen molar-refractivity contribution in [1.29, 1.82) is 0 Å². The van der Waals surface area contributed by atoms with Crippen LogP contribution in [-0.2, 0) is 0 Å². The zero-order valence-electron chi connectivity index (χ0n) is 11.6. The summed E-state index contributed by atoms with van der Waals surface area (Å²) >= 11 is 0. The van der Waals surface area contributed by atoms with Gasteiger partial charge in [-0.05, 0) is 32.5 Å². The average Bonchev–Trinajstić information content (AvgIpc) is 2.60. The van der Waals surface area contributed by atoms with E-state index in [4.69, 9.17) is 0 Å². The predicted molar refractivity (Wildman–Crippen MR) is 77.8 cm³/mol. The van der Waals surface area contributed by atoms with Crippen LogP contribution in [-0.4, -0.2) is 50.7 Å². The number of piperazine rings is 1. The van der Waals surface area contributed by atoms with Crippen LogP contribution in [0.3, 0.4) is 0 Å². The molecule has 0 bridgehead atoms. The molecule has 0 aromatic rings. The van der Waals surface area contributed by atoms with Crippen LogP contribution in [0.15, 0.2) is 35.5 Å². The Morgan fingerprint density at radius 3 is 2.83 bits per heavy atom. The van der Waals surface area contributed by atoms with E-state index >= 15 is 0 Å². The standard InChI is InChI=1S/C15H25N3/c1-13-3-4-14(7-8-16-2)5-6-15(13)18-11-9-17-10-12-18/h3-6,15-17H,7-12H2,1-2H3. The van der Waals surface area contributed by atoms with Crippen molar-refractivity contribution in [2.24, 2.45) is 0 Å². The Morgan fingerprint density at radius 2 is 2.11 bits per heavy atom. The molecule has 3 heteroatoms. The third kappa shape index (κ3) is 3.55. The molecular formula is C15H25N3. The summed E-state index contributed by atoms with van der Waals surface area (Å²) in [5.41, 5.74) is 2.87. The fourth-order valence-electron chi connectivity index (χ4n) is 2.57. The number of hydrogen-bond acceptors (Lipinski definition) is 3. The highest BCUT2D eigenvalue weighted by atomic mass is 15.2. The van der Waals surface area contributed by atoms with E-state index in [1.54, 1.807) is 0 Å². The van der Waals surface area contributed by atoms with Crippen LogP contribution in [0, 0.1) is 0 Å². The molecule has 1 aliphatic heterocycles. The second-order valence-corrected chi connectivity index (χ2v) is 5.10. The Labute approximate surface area is 111 Å². The average molecular weight is 247 g/mol. The van der Waals surface area contributed by atoms with E-state index in [0.29, 0.717) is 6.04 Å². The highest BCUT2D eigenvalue weighted by Crippen LogP contribution is 2.18. The van der Waals surface area contributed by atoms with Crippen molar-refractivity contribution in [2.45, 2.75) is 19.4 Å². The SMILES string of the molecule is CNCCC1=CC=C(C)C(N2CCNCC2)C=C1. The minimum atomic E-state index is 0.482. The normalized spacial score (nSPS) is 25.6. The smallest absolute Gasteiger partial charge is 0.0495 e. The van der Waals surface area contributed by atoms with Gasteiger partial charge in [0.25, 0.3) is 0 Å². The van der Waals surface area contributed by atoms with Gasteiger partial charge in [0.15, 0.2) is 0 Å². The molecule has 0 amide bonds. The monoisotopic (exact) mass is 247 g/mol. The predicted octanol–water partition coefficient (Wildman–Crippen LogP) is 1.31. The highest BCUT2D eigenvalue weighted by Gasteiger charge is 2.20. The van der Waals surface area contributed by atoms with Gasteiger partial charge in [-0.3, -0.25) is 4.90 Å². The van der Waals surface area contributed by atoms with E-state index in [9.17, 15) is 0 Å². The largest absolute Gasteiger partial charge is 0.319 e. The molecule has 0 aromatic heterocycles. The lowest BCUT2D eigenvalue weighted by Gasteiger charge is -2.33. The minimum Gasteiger partial charge on any atom is -0.319 e. The first-order valence-corrected chi connectivity index (χ1v) is 6.96. The van der Waals surface area contributed by atoms with Gasteiger partial charge in [0.1, 0.15) is 0 Å². The molecule has 1 atom stereocenters. The van der Waals surface area contributed by atoms with Crippen molar-refractivity contribution < 1.29 is 0 Å².